The Morgan fingerprint density at radius 3 is 1.18 bits per heavy atom. The molecule has 0 spiro atoms. The first-order chi connectivity index (χ1) is 53.6. The van der Waals surface area contributed by atoms with Gasteiger partial charge in [-0.1, -0.05) is 65.7 Å². The monoisotopic (exact) mass is 1710 g/mol. The van der Waals surface area contributed by atoms with Crippen molar-refractivity contribution in [3.05, 3.63) is 220 Å². The number of thiophene rings is 5. The number of amides is 10. The van der Waals surface area contributed by atoms with Crippen LogP contribution in [0.1, 0.15) is 207 Å². The molecule has 14 rings (SSSR count). The van der Waals surface area contributed by atoms with Gasteiger partial charge < -0.3 is 55.3 Å². The Labute approximate surface area is 675 Å². The average Bonchev–Trinajstić information content (AvgIpc) is 1.65. The first kappa shape index (κ1) is 85.9. The van der Waals surface area contributed by atoms with Crippen LogP contribution in [-0.4, -0.2) is 77.3 Å². The maximum absolute atomic E-state index is 14.0. The van der Waals surface area contributed by atoms with Crippen molar-refractivity contribution < 1.29 is 83.1 Å². The molecule has 4 aromatic carbocycles. The van der Waals surface area contributed by atoms with Crippen LogP contribution in [0.4, 0.5) is 60.1 Å². The van der Waals surface area contributed by atoms with Gasteiger partial charge in [-0.05, 0) is 191 Å². The summed E-state index contributed by atoms with van der Waals surface area (Å²) in [5.41, 5.74) is 31.8. The van der Waals surface area contributed by atoms with Gasteiger partial charge in [-0.25, -0.2) is 8.78 Å². The second-order valence-electron chi connectivity index (χ2n) is 26.2. The summed E-state index contributed by atoms with van der Waals surface area (Å²) < 4.78 is 105. The smallest absolute Gasteiger partial charge is 0.365 e. The van der Waals surface area contributed by atoms with Gasteiger partial charge >= 0.3 is 12.4 Å². The van der Waals surface area contributed by atoms with Crippen molar-refractivity contribution >= 4 is 176 Å². The second kappa shape index (κ2) is 37.2. The summed E-state index contributed by atoms with van der Waals surface area (Å²) in [4.78, 5) is 125. The van der Waals surface area contributed by atoms with Crippen molar-refractivity contribution in [3.8, 4) is 0 Å². The molecule has 15 N–H and O–H groups in total. The number of halogens is 10. The number of carbonyl (C=O) groups excluding carboxylic acids is 10. The number of anilines is 5. The standard InChI is InChI=1S/C17H15F3N2O2S.C16H14ClFN2O2S.C16H13F3N2O2S.C15H12ClFN2O2S.C13H18N2O2S2/c18-17(19,20)8-9-4-1-2-5-10(9)15(24)22-16-13(14(21)23)11-6-3-7-12(11)25-16;1-7-5-6-9(18)12(13(7)17)15(22)20-16-11(14(19)21)8-3-2-4-10(8)23-16;17-16(18,19)10-6-2-1-4-8(10)14(23)21-15-12(13(20)22)9-5-3-7-11(9)24-15;16-8-4-2-5-9(17)12(8)14(21)19-15-11(13(18)20)7-3-1-6-10(7)22-15;1-18-7-6-10(16)15-13-11(12(14)17)8-4-2-3-5-9(8)19-13/h1-2,4-5H,3,6-8H2,(H2,21,23)(H,22,24);5-6H,2-4H2,1H3,(H2,19,21)(H,20,22);1-2,4,6H,3,5,7H2,(H2,20,22)(H,21,23);2,4-5H,1,3,6H2,(H2,18,20)(H,19,21);2-7H2,1H3,(H2,14,17)(H,15,16). The predicted molar refractivity (Wildman–Crippen MR) is 428 cm³/mol. The van der Waals surface area contributed by atoms with Crippen LogP contribution in [0.25, 0.3) is 0 Å². The lowest BCUT2D eigenvalue weighted by Crippen LogP contribution is -2.20. The van der Waals surface area contributed by atoms with Gasteiger partial charge in [0.15, 0.2) is 0 Å². The third-order valence-electron chi connectivity index (χ3n) is 18.6. The number of carbonyl (C=O) groups is 10. The highest BCUT2D eigenvalue weighted by atomic mass is 35.5. The number of rotatable bonds is 18. The maximum atomic E-state index is 14.0. The fraction of sp³-hybridized carbons (Fsp3) is 0.299. The van der Waals surface area contributed by atoms with Gasteiger partial charge in [0.25, 0.3) is 53.2 Å². The second-order valence-corrected chi connectivity index (χ2v) is 33.5. The van der Waals surface area contributed by atoms with E-state index in [2.05, 4.69) is 26.6 Å². The van der Waals surface area contributed by atoms with Crippen molar-refractivity contribution in [2.75, 3.05) is 38.6 Å². The highest BCUT2D eigenvalue weighted by Gasteiger charge is 2.38. The highest BCUT2D eigenvalue weighted by Crippen LogP contribution is 2.45. The number of fused-ring (bicyclic) bond motifs is 5. The predicted octanol–water partition coefficient (Wildman–Crippen LogP) is 16.8. The Hall–Kier alpha value is -9.55. The van der Waals surface area contributed by atoms with E-state index in [0.717, 1.165) is 161 Å². The molecule has 0 fully saturated rings. The Morgan fingerprint density at radius 1 is 0.416 bits per heavy atom. The molecule has 0 radical (unpaired) electrons. The highest BCUT2D eigenvalue weighted by molar-refractivity contribution is 7.98. The number of aryl methyl sites for hydroxylation is 6. The Balaban J connectivity index is 0.000000150. The van der Waals surface area contributed by atoms with Crippen molar-refractivity contribution in [3.63, 3.8) is 0 Å². The van der Waals surface area contributed by atoms with Gasteiger partial charge in [0.1, 0.15) is 36.6 Å². The molecular formula is C77H72Cl2F8N10O10S6. The summed E-state index contributed by atoms with van der Waals surface area (Å²) in [5, 5.41) is 15.0. The zero-order valence-corrected chi connectivity index (χ0v) is 66.5. The normalized spacial score (nSPS) is 13.4. The topological polar surface area (TPSA) is 361 Å². The molecule has 0 aliphatic heterocycles. The van der Waals surface area contributed by atoms with Crippen LogP contribution >= 0.6 is 91.6 Å². The van der Waals surface area contributed by atoms with E-state index in [1.165, 1.54) is 122 Å². The number of hydrogen-bond donors (Lipinski definition) is 10. The number of hydrogen-bond acceptors (Lipinski definition) is 16. The Morgan fingerprint density at radius 2 is 0.770 bits per heavy atom. The molecule has 0 bridgehead atoms. The molecule has 113 heavy (non-hydrogen) atoms. The van der Waals surface area contributed by atoms with E-state index >= 15 is 0 Å². The SMILES string of the molecule is CSCCC(=O)Nc1sc2c(c1C(N)=O)CCCC2.Cc1ccc(F)c(C(=O)Nc2sc3c(c2C(N)=O)CCC3)c1Cl.NC(=O)c1c(NC(=O)c2c(F)cccc2Cl)sc2c1CCC2.NC(=O)c1c(NC(=O)c2ccccc2C(F)(F)F)sc2c1CCC2.NC(=O)c1c(NC(=O)c2ccccc2CC(F)(F)F)sc2c1CCC2. The van der Waals surface area contributed by atoms with Crippen LogP contribution in [-0.2, 0) is 81.6 Å². The zero-order chi connectivity index (χ0) is 82.1. The number of nitrogens with one attached hydrogen (secondary N) is 5. The van der Waals surface area contributed by atoms with Crippen LogP contribution in [0.5, 0.6) is 0 Å². The molecule has 9 aromatic rings. The summed E-state index contributed by atoms with van der Waals surface area (Å²) >= 11 is 20.2. The lowest BCUT2D eigenvalue weighted by molar-refractivity contribution is -0.138. The van der Waals surface area contributed by atoms with Gasteiger partial charge in [0.2, 0.25) is 5.91 Å². The molecule has 5 aromatic heterocycles. The fourth-order valence-corrected chi connectivity index (χ4v) is 20.9. The largest absolute Gasteiger partial charge is 0.417 e. The fourth-order valence-electron chi connectivity index (χ4n) is 13.6. The van der Waals surface area contributed by atoms with Crippen LogP contribution in [0.15, 0.2) is 78.9 Å². The maximum Gasteiger partial charge on any atom is 0.417 e. The quantitative estimate of drug-likeness (QED) is 0.0360. The third-order valence-corrected chi connectivity index (χ3v) is 26.1. The molecule has 10 amide bonds. The lowest BCUT2D eigenvalue weighted by atomic mass is 9.95. The van der Waals surface area contributed by atoms with Crippen molar-refractivity contribution in [2.45, 2.75) is 135 Å². The van der Waals surface area contributed by atoms with E-state index in [0.29, 0.717) is 61.5 Å². The Bertz CT molecular complexity index is 5240. The molecule has 0 saturated heterocycles. The van der Waals surface area contributed by atoms with Crippen molar-refractivity contribution in [1.29, 1.82) is 0 Å². The van der Waals surface area contributed by atoms with E-state index in [1.54, 1.807) is 18.7 Å². The van der Waals surface area contributed by atoms with Crippen molar-refractivity contribution in [1.82, 2.24) is 0 Å². The van der Waals surface area contributed by atoms with E-state index in [1.807, 2.05) is 6.26 Å². The van der Waals surface area contributed by atoms with Gasteiger partial charge in [0, 0.05) is 42.1 Å². The summed E-state index contributed by atoms with van der Waals surface area (Å²) in [6.07, 6.45) is 6.25. The summed E-state index contributed by atoms with van der Waals surface area (Å²) in [7, 11) is 0. The molecule has 36 heteroatoms. The minimum absolute atomic E-state index is 0.0159. The first-order valence-corrected chi connectivity index (χ1v) is 41.3. The zero-order valence-electron chi connectivity index (χ0n) is 60.1. The number of thioether (sulfide) groups is 1. The van der Waals surface area contributed by atoms with Gasteiger partial charge in [0.05, 0.1) is 66.5 Å². The molecule has 596 valence electrons. The molecular weight excluding hydrogens is 1640 g/mol. The molecule has 0 atom stereocenters. The van der Waals surface area contributed by atoms with Crippen LogP contribution < -0.4 is 55.3 Å². The molecule has 0 saturated carbocycles. The summed E-state index contributed by atoms with van der Waals surface area (Å²) in [6, 6.07) is 16.8. The first-order valence-electron chi connectivity index (χ1n) is 35.0. The van der Waals surface area contributed by atoms with Gasteiger partial charge in [-0.3, -0.25) is 47.9 Å². The van der Waals surface area contributed by atoms with Crippen LogP contribution in [0.2, 0.25) is 10.0 Å². The molecule has 5 heterocycles. The van der Waals surface area contributed by atoms with Crippen LogP contribution in [0.3, 0.4) is 0 Å². The average molecular weight is 1710 g/mol. The molecule has 5 aliphatic carbocycles. The number of primary amides is 5. The number of nitrogens with two attached hydrogens (primary N) is 5. The minimum Gasteiger partial charge on any atom is -0.365 e. The number of benzene rings is 4. The molecule has 0 unspecified atom stereocenters. The van der Waals surface area contributed by atoms with E-state index in [9.17, 15) is 83.1 Å². The van der Waals surface area contributed by atoms with Crippen molar-refractivity contribution in [2.24, 2.45) is 28.7 Å². The molecule has 5 aliphatic rings. The third kappa shape index (κ3) is 20.3. The molecule has 20 nitrogen and oxygen atoms in total. The van der Waals surface area contributed by atoms with Gasteiger partial charge in [-0.15, -0.1) is 56.7 Å². The number of alkyl halides is 6. The Kier molecular flexibility index (Phi) is 28.2. The summed E-state index contributed by atoms with van der Waals surface area (Å²) in [6.45, 7) is 1.69. The lowest BCUT2D eigenvalue weighted by Gasteiger charge is -2.12. The van der Waals surface area contributed by atoms with Crippen LogP contribution in [0, 0.1) is 18.6 Å². The summed E-state index contributed by atoms with van der Waals surface area (Å²) in [5.74, 6) is -6.58. The van der Waals surface area contributed by atoms with E-state index < -0.39 is 94.7 Å². The van der Waals surface area contributed by atoms with Gasteiger partial charge in [-0.2, -0.15) is 38.1 Å². The van der Waals surface area contributed by atoms with E-state index in [-0.39, 0.29) is 54.3 Å². The minimum atomic E-state index is -4.64. The van der Waals surface area contributed by atoms with E-state index in [4.69, 9.17) is 51.9 Å².